The number of nitrogens with zero attached hydrogens (tertiary/aromatic N) is 2. The zero-order valence-corrected chi connectivity index (χ0v) is 19.1. The van der Waals surface area contributed by atoms with Crippen molar-refractivity contribution in [2.45, 2.75) is 39.7 Å². The van der Waals surface area contributed by atoms with Gasteiger partial charge < -0.3 is 19.5 Å². The Morgan fingerprint density at radius 2 is 2.09 bits per heavy atom. The summed E-state index contributed by atoms with van der Waals surface area (Å²) in [6.07, 6.45) is 3.11. The molecule has 0 atom stereocenters. The zero-order valence-electron chi connectivity index (χ0n) is 18.3. The Kier molecular flexibility index (Phi) is 6.32. The van der Waals surface area contributed by atoms with Gasteiger partial charge in [-0.1, -0.05) is 29.5 Å². The number of fused-ring (bicyclic) bond motifs is 1. The van der Waals surface area contributed by atoms with Gasteiger partial charge in [0.2, 0.25) is 0 Å². The van der Waals surface area contributed by atoms with Gasteiger partial charge in [-0.25, -0.2) is 9.37 Å². The molecule has 6 nitrogen and oxygen atoms in total. The molecule has 1 aromatic heterocycles. The maximum Gasteiger partial charge on any atom is 0.303 e. The molecule has 0 radical (unpaired) electrons. The van der Waals surface area contributed by atoms with Gasteiger partial charge in [-0.3, -0.25) is 4.79 Å². The topological polar surface area (TPSA) is 71.9 Å². The lowest BCUT2D eigenvalue weighted by Gasteiger charge is -2.32. The summed E-state index contributed by atoms with van der Waals surface area (Å²) in [6.45, 7) is 4.84. The number of carbonyl (C=O) groups is 1. The second-order valence-corrected chi connectivity index (χ2v) is 9.07. The normalized spacial score (nSPS) is 13.1. The Hall–Kier alpha value is -3.13. The Bertz CT molecular complexity index is 1160. The quantitative estimate of drug-likeness (QED) is 0.522. The minimum Gasteiger partial charge on any atom is -0.492 e. The summed E-state index contributed by atoms with van der Waals surface area (Å²) in [5.41, 5.74) is 4.17. The lowest BCUT2D eigenvalue weighted by molar-refractivity contribution is -0.136. The predicted octanol–water partition coefficient (Wildman–Crippen LogP) is 5.28. The summed E-state index contributed by atoms with van der Waals surface area (Å²) in [5, 5.41) is 9.39. The second-order valence-electron chi connectivity index (χ2n) is 7.87. The highest BCUT2D eigenvalue weighted by molar-refractivity contribution is 7.13. The SMILES string of the molecule is COc1c(Oc2ncc(C)s2)cc(N2CCc3cc(CCC(=O)O)ccc3C2)c(F)c1C. The van der Waals surface area contributed by atoms with Crippen molar-refractivity contribution in [1.29, 1.82) is 0 Å². The number of aliphatic carboxylic acids is 1. The molecular formula is C24H25FN2O4S. The van der Waals surface area contributed by atoms with E-state index >= 15 is 4.39 Å². The Morgan fingerprint density at radius 1 is 1.28 bits per heavy atom. The molecule has 32 heavy (non-hydrogen) atoms. The summed E-state index contributed by atoms with van der Waals surface area (Å²) in [5.74, 6) is -0.332. The minimum atomic E-state index is -0.801. The number of carboxylic acid groups (broad SMARTS) is 1. The first-order valence-corrected chi connectivity index (χ1v) is 11.2. The van der Waals surface area contributed by atoms with Gasteiger partial charge in [0.15, 0.2) is 17.3 Å². The van der Waals surface area contributed by atoms with Crippen LogP contribution in [0.25, 0.3) is 0 Å². The molecule has 0 saturated heterocycles. The van der Waals surface area contributed by atoms with Crippen molar-refractivity contribution < 1.29 is 23.8 Å². The average molecular weight is 457 g/mol. The fourth-order valence-corrected chi connectivity index (χ4v) is 4.60. The van der Waals surface area contributed by atoms with Crippen molar-refractivity contribution in [3.63, 3.8) is 0 Å². The molecule has 0 amide bonds. The van der Waals surface area contributed by atoms with Gasteiger partial charge in [-0.15, -0.1) is 0 Å². The lowest BCUT2D eigenvalue weighted by Crippen LogP contribution is -2.31. The lowest BCUT2D eigenvalue weighted by atomic mass is 9.95. The third kappa shape index (κ3) is 4.55. The molecule has 0 saturated carbocycles. The number of halogens is 1. The van der Waals surface area contributed by atoms with Crippen LogP contribution in [-0.2, 0) is 24.2 Å². The Morgan fingerprint density at radius 3 is 2.78 bits per heavy atom. The number of aromatic nitrogens is 1. The van der Waals surface area contributed by atoms with E-state index in [-0.39, 0.29) is 12.2 Å². The van der Waals surface area contributed by atoms with Crippen LogP contribution in [0.15, 0.2) is 30.5 Å². The predicted molar refractivity (Wildman–Crippen MR) is 122 cm³/mol. The Balaban J connectivity index is 1.61. The molecule has 0 aliphatic carbocycles. The van der Waals surface area contributed by atoms with Crippen LogP contribution in [0.4, 0.5) is 10.1 Å². The van der Waals surface area contributed by atoms with Crippen molar-refractivity contribution in [2.75, 3.05) is 18.6 Å². The molecule has 8 heteroatoms. The van der Waals surface area contributed by atoms with E-state index in [2.05, 4.69) is 11.1 Å². The maximum absolute atomic E-state index is 15.3. The standard InChI is InChI=1S/C24H25FN2O4S/c1-14-12-26-24(32-14)31-20-11-19(22(25)15(2)23(20)30-3)27-9-8-17-10-16(5-7-21(28)29)4-6-18(17)13-27/h4,6,10-12H,5,7-9,13H2,1-3H3,(H,28,29). The monoisotopic (exact) mass is 456 g/mol. The molecule has 0 spiro atoms. The second kappa shape index (κ2) is 9.16. The molecule has 1 aliphatic heterocycles. The fourth-order valence-electron chi connectivity index (χ4n) is 3.98. The molecule has 2 heterocycles. The summed E-state index contributed by atoms with van der Waals surface area (Å²) < 4.78 is 26.7. The zero-order chi connectivity index (χ0) is 22.8. The van der Waals surface area contributed by atoms with E-state index in [1.807, 2.05) is 24.0 Å². The molecule has 1 aliphatic rings. The first-order chi connectivity index (χ1) is 15.4. The highest BCUT2D eigenvalue weighted by atomic mass is 32.1. The molecule has 0 fully saturated rings. The van der Waals surface area contributed by atoms with Crippen LogP contribution < -0.4 is 14.4 Å². The number of rotatable bonds is 7. The van der Waals surface area contributed by atoms with Crippen molar-refractivity contribution in [3.05, 3.63) is 63.4 Å². The molecule has 168 valence electrons. The Labute approximate surface area is 190 Å². The number of hydrogen-bond donors (Lipinski definition) is 1. The molecule has 0 unspecified atom stereocenters. The van der Waals surface area contributed by atoms with E-state index in [1.165, 1.54) is 24.0 Å². The molecule has 0 bridgehead atoms. The van der Waals surface area contributed by atoms with Gasteiger partial charge in [0.25, 0.3) is 5.19 Å². The first kappa shape index (κ1) is 22.1. The fraction of sp³-hybridized carbons (Fsp3) is 0.333. The molecule has 4 rings (SSSR count). The van der Waals surface area contributed by atoms with Gasteiger partial charge in [0.05, 0.1) is 12.8 Å². The summed E-state index contributed by atoms with van der Waals surface area (Å²) in [7, 11) is 1.50. The number of ether oxygens (including phenoxy) is 2. The number of thiazole rings is 1. The van der Waals surface area contributed by atoms with Crippen LogP contribution in [0.2, 0.25) is 0 Å². The third-order valence-electron chi connectivity index (χ3n) is 5.64. The van der Waals surface area contributed by atoms with Gasteiger partial charge in [-0.05, 0) is 43.4 Å². The molecule has 3 aromatic rings. The third-order valence-corrected chi connectivity index (χ3v) is 6.43. The van der Waals surface area contributed by atoms with Gasteiger partial charge in [0.1, 0.15) is 0 Å². The summed E-state index contributed by atoms with van der Waals surface area (Å²) >= 11 is 1.42. The number of hydrogen-bond acceptors (Lipinski definition) is 6. The number of anilines is 1. The first-order valence-electron chi connectivity index (χ1n) is 10.4. The average Bonchev–Trinajstić information content (AvgIpc) is 3.19. The van der Waals surface area contributed by atoms with E-state index in [0.29, 0.717) is 47.5 Å². The van der Waals surface area contributed by atoms with E-state index in [1.54, 1.807) is 19.2 Å². The van der Waals surface area contributed by atoms with Crippen LogP contribution in [0.5, 0.6) is 16.7 Å². The van der Waals surface area contributed by atoms with E-state index in [9.17, 15) is 4.79 Å². The van der Waals surface area contributed by atoms with Crippen LogP contribution in [0.3, 0.4) is 0 Å². The van der Waals surface area contributed by atoms with Crippen molar-refractivity contribution >= 4 is 23.0 Å². The van der Waals surface area contributed by atoms with Gasteiger partial charge in [0, 0.05) is 42.2 Å². The molecule has 2 aromatic carbocycles. The van der Waals surface area contributed by atoms with Crippen molar-refractivity contribution in [1.82, 2.24) is 4.98 Å². The van der Waals surface area contributed by atoms with Crippen LogP contribution in [0, 0.1) is 19.7 Å². The van der Waals surface area contributed by atoms with Crippen molar-refractivity contribution in [3.8, 4) is 16.7 Å². The number of aryl methyl sites for hydroxylation is 2. The largest absolute Gasteiger partial charge is 0.492 e. The van der Waals surface area contributed by atoms with E-state index in [4.69, 9.17) is 14.6 Å². The number of benzene rings is 2. The van der Waals surface area contributed by atoms with E-state index < -0.39 is 5.97 Å². The summed E-state index contributed by atoms with van der Waals surface area (Å²) in [4.78, 5) is 18.1. The van der Waals surface area contributed by atoms with Crippen molar-refractivity contribution in [2.24, 2.45) is 0 Å². The van der Waals surface area contributed by atoms with Crippen LogP contribution in [-0.4, -0.2) is 29.7 Å². The minimum absolute atomic E-state index is 0.114. The molecular weight excluding hydrogens is 431 g/mol. The highest BCUT2D eigenvalue weighted by Gasteiger charge is 2.25. The maximum atomic E-state index is 15.3. The van der Waals surface area contributed by atoms with Crippen LogP contribution >= 0.6 is 11.3 Å². The number of methoxy groups -OCH3 is 1. The molecule has 1 N–H and O–H groups in total. The van der Waals surface area contributed by atoms with Gasteiger partial charge >= 0.3 is 5.97 Å². The van der Waals surface area contributed by atoms with Gasteiger partial charge in [-0.2, -0.15) is 0 Å². The van der Waals surface area contributed by atoms with Crippen LogP contribution in [0.1, 0.15) is 33.6 Å². The summed E-state index contributed by atoms with van der Waals surface area (Å²) in [6, 6.07) is 7.73. The highest BCUT2D eigenvalue weighted by Crippen LogP contribution is 2.42. The van der Waals surface area contributed by atoms with E-state index in [0.717, 1.165) is 22.4 Å². The smallest absolute Gasteiger partial charge is 0.303 e. The number of carboxylic acids is 1.